The van der Waals surface area contributed by atoms with Gasteiger partial charge < -0.3 is 41.3 Å². The maximum Gasteiger partial charge on any atom is 1.00 e. The van der Waals surface area contributed by atoms with Crippen molar-refractivity contribution in [1.29, 1.82) is 0 Å². The first-order chi connectivity index (χ1) is 12.2. The van der Waals surface area contributed by atoms with Crippen LogP contribution in [0.1, 0.15) is 17.7 Å². The summed E-state index contributed by atoms with van der Waals surface area (Å²) in [6.07, 6.45) is 2.49. The van der Waals surface area contributed by atoms with Gasteiger partial charge in [0.05, 0.1) is 28.9 Å². The van der Waals surface area contributed by atoms with Gasteiger partial charge in [-0.2, -0.15) is 0 Å². The number of hydrogen-bond acceptors (Lipinski definition) is 5. The van der Waals surface area contributed by atoms with Crippen molar-refractivity contribution in [3.63, 3.8) is 0 Å². The predicted octanol–water partition coefficient (Wildman–Crippen LogP) is -3.68. The molecule has 1 unspecified atom stereocenters. The molecule has 8 N–H and O–H groups in total. The molecule has 12 heteroatoms. The van der Waals surface area contributed by atoms with Crippen LogP contribution >= 0.6 is 0 Å². The van der Waals surface area contributed by atoms with Gasteiger partial charge in [-0.15, -0.1) is 0 Å². The molecule has 164 valence electrons. The smallest absolute Gasteiger partial charge is 0.493 e. The molecule has 0 saturated heterocycles. The van der Waals surface area contributed by atoms with Gasteiger partial charge in [-0.1, -0.05) is 24.3 Å². The van der Waals surface area contributed by atoms with Crippen LogP contribution in [0, 0.1) is 6.92 Å². The summed E-state index contributed by atoms with van der Waals surface area (Å²) in [7, 11) is 0.312. The Balaban J connectivity index is -0.00000146. The van der Waals surface area contributed by atoms with E-state index in [1.54, 1.807) is 13.3 Å². The van der Waals surface area contributed by atoms with Gasteiger partial charge in [0.15, 0.2) is 0 Å². The van der Waals surface area contributed by atoms with Crippen molar-refractivity contribution in [3.05, 3.63) is 47.8 Å². The number of aromatic nitrogens is 3. The summed E-state index contributed by atoms with van der Waals surface area (Å²) in [6, 6.07) is 9.32. The first-order valence-corrected chi connectivity index (χ1v) is 9.35. The summed E-state index contributed by atoms with van der Waals surface area (Å²) >= 11 is 0. The van der Waals surface area contributed by atoms with E-state index in [1.165, 1.54) is 0 Å². The molecule has 2 heterocycles. The van der Waals surface area contributed by atoms with Crippen LogP contribution in [-0.4, -0.2) is 56.4 Å². The molecule has 0 aliphatic carbocycles. The average molecular weight is 453 g/mol. The second kappa shape index (κ2) is 16.3. The van der Waals surface area contributed by atoms with E-state index in [2.05, 4.69) is 15.0 Å². The topological polar surface area (TPSA) is 201 Å². The van der Waals surface area contributed by atoms with Crippen molar-refractivity contribution >= 4 is 21.8 Å². The van der Waals surface area contributed by atoms with E-state index < -0.39 is 10.8 Å². The van der Waals surface area contributed by atoms with Crippen LogP contribution in [0.25, 0.3) is 11.0 Å². The summed E-state index contributed by atoms with van der Waals surface area (Å²) in [5.74, 6) is 1.02. The van der Waals surface area contributed by atoms with E-state index in [9.17, 15) is 4.21 Å². The third-order valence-electron chi connectivity index (χ3n) is 3.79. The van der Waals surface area contributed by atoms with Gasteiger partial charge in [0, 0.05) is 37.1 Å². The summed E-state index contributed by atoms with van der Waals surface area (Å²) in [5.41, 5.74) is 3.14. The van der Waals surface area contributed by atoms with Crippen molar-refractivity contribution in [2.45, 2.75) is 24.3 Å². The zero-order valence-electron chi connectivity index (χ0n) is 17.3. The Kier molecular flexibility index (Phi) is 18.1. The first-order valence-electron chi connectivity index (χ1n) is 8.03. The zero-order valence-corrected chi connectivity index (χ0v) is 20.1. The Morgan fingerprint density at radius 2 is 1.77 bits per heavy atom. The third-order valence-corrected chi connectivity index (χ3v) is 4.92. The van der Waals surface area contributed by atoms with Gasteiger partial charge in [-0.3, -0.25) is 9.19 Å². The van der Waals surface area contributed by atoms with Gasteiger partial charge in [0.2, 0.25) is 0 Å². The molecule has 3 rings (SSSR count). The Morgan fingerprint density at radius 3 is 2.43 bits per heavy atom. The summed E-state index contributed by atoms with van der Waals surface area (Å²) in [5, 5.41) is 0.341. The van der Waals surface area contributed by atoms with Crippen molar-refractivity contribution in [2.75, 3.05) is 20.3 Å². The van der Waals surface area contributed by atoms with E-state index >= 15 is 0 Å². The fraction of sp³-hybridized carbons (Fsp3) is 0.333. The van der Waals surface area contributed by atoms with Crippen LogP contribution < -0.4 is 39.3 Å². The Labute approximate surface area is 199 Å². The molecule has 0 aliphatic rings. The molecule has 1 aromatic carbocycles. The first kappa shape index (κ1) is 33.2. The summed E-state index contributed by atoms with van der Waals surface area (Å²) in [6.45, 7) is 3.15. The van der Waals surface area contributed by atoms with Gasteiger partial charge in [-0.05, 0) is 24.0 Å². The number of imidazole rings is 1. The Hall–Kier alpha value is -1.41. The molecule has 0 radical (unpaired) electrons. The van der Waals surface area contributed by atoms with Gasteiger partial charge >= 0.3 is 29.6 Å². The number of ether oxygens (including phenoxy) is 2. The van der Waals surface area contributed by atoms with Crippen molar-refractivity contribution in [3.8, 4) is 5.75 Å². The quantitative estimate of drug-likeness (QED) is 0.248. The molecule has 0 aliphatic heterocycles. The maximum atomic E-state index is 12.6. The van der Waals surface area contributed by atoms with E-state index in [1.807, 2.05) is 37.3 Å². The largest absolute Gasteiger partial charge is 1.00 e. The number of benzene rings is 1. The molecule has 3 aromatic rings. The van der Waals surface area contributed by atoms with Crippen molar-refractivity contribution in [2.24, 2.45) is 0 Å². The average Bonchev–Trinajstić information content (AvgIpc) is 3.06. The SMILES string of the molecule is COCCCOc1ccnc(CS(=O)c2nc3ccccc3[n-]2)c1C.O.O.O.O.[Na+]. The van der Waals surface area contributed by atoms with Crippen molar-refractivity contribution in [1.82, 2.24) is 15.0 Å². The molecule has 30 heavy (non-hydrogen) atoms. The fourth-order valence-corrected chi connectivity index (χ4v) is 3.49. The number of hydrogen-bond donors (Lipinski definition) is 0. The van der Waals surface area contributed by atoms with E-state index in [0.717, 1.165) is 34.5 Å². The predicted molar refractivity (Wildman–Crippen MR) is 111 cm³/mol. The second-order valence-corrected chi connectivity index (χ2v) is 6.91. The number of pyridine rings is 1. The number of para-hydroxylation sites is 2. The molecule has 1 atom stereocenters. The van der Waals surface area contributed by atoms with Crippen LogP contribution in [0.2, 0.25) is 0 Å². The number of rotatable bonds is 8. The zero-order chi connectivity index (χ0) is 17.6. The Bertz CT molecular complexity index is 862. The number of fused-ring (bicyclic) bond motifs is 1. The van der Waals surface area contributed by atoms with Crippen molar-refractivity contribution < 1.29 is 65.1 Å². The molecule has 0 saturated carbocycles. The molecular formula is C18H28N3NaO7S. The number of methoxy groups -OCH3 is 1. The van der Waals surface area contributed by atoms with Gasteiger partial charge in [0.1, 0.15) is 5.75 Å². The van der Waals surface area contributed by atoms with Crippen LogP contribution in [0.4, 0.5) is 0 Å². The molecular weight excluding hydrogens is 425 g/mol. The molecule has 0 fully saturated rings. The number of nitrogens with zero attached hydrogens (tertiary/aromatic N) is 3. The van der Waals surface area contributed by atoms with Gasteiger partial charge in [-0.25, -0.2) is 0 Å². The molecule has 2 aromatic heterocycles. The normalized spacial score (nSPS) is 10.3. The standard InChI is InChI=1S/C18H20N3O3S.Na.4H2O/c1-13-16(19-9-8-17(13)24-11-5-10-23-2)12-25(22)18-20-14-6-3-4-7-15(14)21-18;;;;;/h3-4,6-9H,5,10-12H2,1-2H3;;4*1H2/q-1;+1;;;;. The minimum atomic E-state index is -1.35. The third kappa shape index (κ3) is 8.38. The molecule has 10 nitrogen and oxygen atoms in total. The fourth-order valence-electron chi connectivity index (χ4n) is 2.42. The minimum Gasteiger partial charge on any atom is -0.493 e. The van der Waals surface area contributed by atoms with E-state index in [4.69, 9.17) is 9.47 Å². The van der Waals surface area contributed by atoms with Crippen LogP contribution in [0.15, 0.2) is 41.7 Å². The van der Waals surface area contributed by atoms with Crippen LogP contribution in [-0.2, 0) is 21.3 Å². The van der Waals surface area contributed by atoms with E-state index in [-0.39, 0.29) is 57.2 Å². The summed E-state index contributed by atoms with van der Waals surface area (Å²) in [4.78, 5) is 13.0. The minimum absolute atomic E-state index is 0. The Morgan fingerprint density at radius 1 is 1.07 bits per heavy atom. The van der Waals surface area contributed by atoms with E-state index in [0.29, 0.717) is 18.4 Å². The maximum absolute atomic E-state index is 12.6. The summed E-state index contributed by atoms with van der Waals surface area (Å²) < 4.78 is 23.4. The van der Waals surface area contributed by atoms with Crippen LogP contribution in [0.5, 0.6) is 5.75 Å². The molecule has 0 amide bonds. The molecule has 0 spiro atoms. The molecule has 0 bridgehead atoms. The van der Waals surface area contributed by atoms with Gasteiger partial charge in [0.25, 0.3) is 0 Å². The second-order valence-electron chi connectivity index (χ2n) is 5.56. The van der Waals surface area contributed by atoms with Crippen LogP contribution in [0.3, 0.4) is 0 Å². The monoisotopic (exact) mass is 453 g/mol.